The maximum Gasteiger partial charge on any atom is 0.254 e. The fourth-order valence-electron chi connectivity index (χ4n) is 3.09. The number of hydrogen-bond acceptors (Lipinski definition) is 4. The number of carbonyl (C=O) groups excluding carboxylic acids is 1. The number of aliphatic hydroxyl groups excluding tert-OH is 1. The lowest BCUT2D eigenvalue weighted by Crippen LogP contribution is -2.38. The Balaban J connectivity index is 2.08. The predicted molar refractivity (Wildman–Crippen MR) is 102 cm³/mol. The molecule has 1 aliphatic heterocycles. The minimum absolute atomic E-state index is 0.0184. The zero-order chi connectivity index (χ0) is 18.9. The maximum absolute atomic E-state index is 12.9. The topological polar surface area (TPSA) is 59.0 Å². The van der Waals surface area contributed by atoms with Crippen molar-refractivity contribution in [2.75, 3.05) is 33.9 Å². The van der Waals surface area contributed by atoms with E-state index in [0.717, 1.165) is 12.8 Å². The normalized spacial score (nSPS) is 16.5. The molecule has 0 spiro atoms. The highest BCUT2D eigenvalue weighted by Gasteiger charge is 2.25. The van der Waals surface area contributed by atoms with Gasteiger partial charge >= 0.3 is 0 Å². The molecule has 5 heteroatoms. The molecule has 0 aromatic heterocycles. The van der Waals surface area contributed by atoms with E-state index in [0.29, 0.717) is 30.3 Å². The summed E-state index contributed by atoms with van der Waals surface area (Å²) in [5.74, 6) is 0.667. The van der Waals surface area contributed by atoms with Crippen LogP contribution in [0.2, 0.25) is 0 Å². The first-order valence-electron chi connectivity index (χ1n) is 8.72. The average Bonchev–Trinajstić information content (AvgIpc) is 2.67. The van der Waals surface area contributed by atoms with Gasteiger partial charge < -0.3 is 19.5 Å². The van der Waals surface area contributed by atoms with E-state index >= 15 is 0 Å². The van der Waals surface area contributed by atoms with Crippen LogP contribution in [-0.2, 0) is 14.3 Å². The number of benzene rings is 1. The van der Waals surface area contributed by atoms with Crippen molar-refractivity contribution in [2.24, 2.45) is 0 Å². The van der Waals surface area contributed by atoms with E-state index in [-0.39, 0.29) is 18.3 Å². The summed E-state index contributed by atoms with van der Waals surface area (Å²) in [5, 5.41) is 9.90. The van der Waals surface area contributed by atoms with Crippen molar-refractivity contribution in [3.63, 3.8) is 0 Å². The van der Waals surface area contributed by atoms with Crippen molar-refractivity contribution in [3.8, 4) is 0 Å². The quantitative estimate of drug-likeness (QED) is 0.460. The molecule has 1 fully saturated rings. The van der Waals surface area contributed by atoms with Gasteiger partial charge in [-0.3, -0.25) is 4.79 Å². The Bertz CT molecular complexity index is 671. The monoisotopic (exact) mass is 357 g/mol. The summed E-state index contributed by atoms with van der Waals surface area (Å²) in [7, 11) is 2.97. The second kappa shape index (κ2) is 9.82. The first kappa shape index (κ1) is 19.8. The standard InChI is InChI=1S/C21H27NO4/c1-16(26-3)13-19(14-20(23)15-25-2)21(24)22-11-9-18(10-12-22)17-7-5-4-6-8-17/h4-8,13-14,18,23H,1,9-12,15H2,2-3H3/b19-13+,20-14+. The molecule has 0 unspecified atom stereocenters. The number of nitrogens with zero attached hydrogens (tertiary/aromatic N) is 1. The highest BCUT2D eigenvalue weighted by Crippen LogP contribution is 2.28. The summed E-state index contributed by atoms with van der Waals surface area (Å²) in [6.07, 6.45) is 4.79. The lowest BCUT2D eigenvalue weighted by Gasteiger charge is -2.32. The van der Waals surface area contributed by atoms with Gasteiger partial charge in [-0.05, 0) is 36.5 Å². The highest BCUT2D eigenvalue weighted by atomic mass is 16.5. The second-order valence-corrected chi connectivity index (χ2v) is 6.32. The number of piperidine rings is 1. The van der Waals surface area contributed by atoms with Gasteiger partial charge in [-0.1, -0.05) is 36.9 Å². The molecule has 5 nitrogen and oxygen atoms in total. The first-order valence-corrected chi connectivity index (χ1v) is 8.72. The van der Waals surface area contributed by atoms with E-state index in [4.69, 9.17) is 9.47 Å². The molecule has 1 amide bonds. The van der Waals surface area contributed by atoms with Crippen LogP contribution in [0, 0.1) is 0 Å². The Morgan fingerprint density at radius 1 is 1.23 bits per heavy atom. The summed E-state index contributed by atoms with van der Waals surface area (Å²) < 4.78 is 9.95. The Morgan fingerprint density at radius 2 is 1.88 bits per heavy atom. The molecule has 0 aliphatic carbocycles. The molecule has 1 aromatic carbocycles. The number of methoxy groups -OCH3 is 2. The van der Waals surface area contributed by atoms with Gasteiger partial charge in [0.15, 0.2) is 0 Å². The van der Waals surface area contributed by atoms with E-state index in [9.17, 15) is 9.90 Å². The van der Waals surface area contributed by atoms with E-state index in [2.05, 4.69) is 18.7 Å². The summed E-state index contributed by atoms with van der Waals surface area (Å²) in [4.78, 5) is 14.7. The minimum atomic E-state index is -0.141. The minimum Gasteiger partial charge on any atom is -0.510 e. The van der Waals surface area contributed by atoms with Gasteiger partial charge in [0.25, 0.3) is 5.91 Å². The number of allylic oxidation sites excluding steroid dienone is 1. The van der Waals surface area contributed by atoms with Crippen LogP contribution in [0.3, 0.4) is 0 Å². The number of rotatable bonds is 7. The van der Waals surface area contributed by atoms with E-state index in [1.54, 1.807) is 0 Å². The van der Waals surface area contributed by atoms with Gasteiger partial charge in [-0.2, -0.15) is 0 Å². The smallest absolute Gasteiger partial charge is 0.254 e. The number of aliphatic hydroxyl groups is 1. The molecule has 0 bridgehead atoms. The SMILES string of the molecule is C=C(/C=C(\C=C(\O)COC)C(=O)N1CCC(c2ccccc2)CC1)OC. The molecule has 140 valence electrons. The Labute approximate surface area is 155 Å². The Kier molecular flexibility index (Phi) is 7.48. The Hall–Kier alpha value is -2.53. The predicted octanol–water partition coefficient (Wildman–Crippen LogP) is 3.57. The van der Waals surface area contributed by atoms with Crippen LogP contribution in [0.15, 0.2) is 66.2 Å². The summed E-state index contributed by atoms with van der Waals surface area (Å²) >= 11 is 0. The number of ether oxygens (including phenoxy) is 2. The van der Waals surface area contributed by atoms with Crippen LogP contribution in [-0.4, -0.2) is 49.8 Å². The van der Waals surface area contributed by atoms with Crippen molar-refractivity contribution < 1.29 is 19.4 Å². The summed E-state index contributed by atoms with van der Waals surface area (Å²) in [6.45, 7) is 5.13. The van der Waals surface area contributed by atoms with Crippen molar-refractivity contribution >= 4 is 5.91 Å². The molecule has 0 atom stereocenters. The number of amides is 1. The van der Waals surface area contributed by atoms with Crippen molar-refractivity contribution in [1.82, 2.24) is 4.90 Å². The largest absolute Gasteiger partial charge is 0.510 e. The van der Waals surface area contributed by atoms with Crippen molar-refractivity contribution in [2.45, 2.75) is 18.8 Å². The van der Waals surface area contributed by atoms with E-state index in [1.807, 2.05) is 23.1 Å². The van der Waals surface area contributed by atoms with E-state index in [1.165, 1.54) is 31.9 Å². The van der Waals surface area contributed by atoms with Gasteiger partial charge in [-0.25, -0.2) is 0 Å². The molecular formula is C21H27NO4. The number of carbonyl (C=O) groups is 1. The van der Waals surface area contributed by atoms with Crippen LogP contribution in [0.25, 0.3) is 0 Å². The van der Waals surface area contributed by atoms with Crippen LogP contribution < -0.4 is 0 Å². The molecule has 26 heavy (non-hydrogen) atoms. The third kappa shape index (κ3) is 5.49. The summed E-state index contributed by atoms with van der Waals surface area (Å²) in [6, 6.07) is 10.4. The highest BCUT2D eigenvalue weighted by molar-refractivity contribution is 5.96. The van der Waals surface area contributed by atoms with Gasteiger partial charge in [-0.15, -0.1) is 0 Å². The van der Waals surface area contributed by atoms with Crippen LogP contribution in [0.4, 0.5) is 0 Å². The van der Waals surface area contributed by atoms with Gasteiger partial charge in [0.2, 0.25) is 0 Å². The molecule has 2 rings (SSSR count). The molecule has 1 aliphatic rings. The lowest BCUT2D eigenvalue weighted by molar-refractivity contribution is -0.127. The zero-order valence-electron chi connectivity index (χ0n) is 15.5. The molecule has 1 saturated heterocycles. The molecule has 1 heterocycles. The Morgan fingerprint density at radius 3 is 2.46 bits per heavy atom. The first-order chi connectivity index (χ1) is 12.5. The van der Waals surface area contributed by atoms with Crippen LogP contribution in [0.5, 0.6) is 0 Å². The lowest BCUT2D eigenvalue weighted by atomic mass is 9.89. The van der Waals surface area contributed by atoms with E-state index < -0.39 is 0 Å². The zero-order valence-corrected chi connectivity index (χ0v) is 15.5. The number of likely N-dealkylation sites (tertiary alicyclic amines) is 1. The van der Waals surface area contributed by atoms with Crippen LogP contribution >= 0.6 is 0 Å². The third-order valence-electron chi connectivity index (χ3n) is 4.49. The third-order valence-corrected chi connectivity index (χ3v) is 4.49. The number of hydrogen-bond donors (Lipinski definition) is 1. The van der Waals surface area contributed by atoms with Gasteiger partial charge in [0, 0.05) is 25.8 Å². The second-order valence-electron chi connectivity index (χ2n) is 6.32. The summed E-state index contributed by atoms with van der Waals surface area (Å²) in [5.41, 5.74) is 1.66. The molecule has 1 aromatic rings. The average molecular weight is 357 g/mol. The fraction of sp³-hybridized carbons (Fsp3) is 0.381. The van der Waals surface area contributed by atoms with Crippen molar-refractivity contribution in [1.29, 1.82) is 0 Å². The van der Waals surface area contributed by atoms with Crippen molar-refractivity contribution in [3.05, 3.63) is 71.7 Å². The molecule has 0 saturated carbocycles. The van der Waals surface area contributed by atoms with Gasteiger partial charge in [0.05, 0.1) is 7.11 Å². The molecular weight excluding hydrogens is 330 g/mol. The maximum atomic E-state index is 12.9. The van der Waals surface area contributed by atoms with Crippen LogP contribution in [0.1, 0.15) is 24.3 Å². The molecule has 1 N–H and O–H groups in total. The van der Waals surface area contributed by atoms with Gasteiger partial charge in [0.1, 0.15) is 18.1 Å². The fourth-order valence-corrected chi connectivity index (χ4v) is 3.09. The molecule has 0 radical (unpaired) electrons.